The van der Waals surface area contributed by atoms with Gasteiger partial charge in [0.2, 0.25) is 0 Å². The number of fused-ring (bicyclic) bond motifs is 1. The fraction of sp³-hybridized carbons (Fsp3) is 0.526. The summed E-state index contributed by atoms with van der Waals surface area (Å²) >= 11 is 0. The second-order valence-electron chi connectivity index (χ2n) is 11.8. The zero-order valence-electron chi connectivity index (χ0n) is 26.7. The third-order valence-corrected chi connectivity index (χ3v) is 8.13. The van der Waals surface area contributed by atoms with Gasteiger partial charge in [0.25, 0.3) is 11.8 Å². The molecule has 0 aromatic heterocycles. The zero-order chi connectivity index (χ0) is 30.5. The number of benzene rings is 3. The maximum atomic E-state index is 12.8. The van der Waals surface area contributed by atoms with Gasteiger partial charge < -0.3 is 15.4 Å². The highest BCUT2D eigenvalue weighted by Crippen LogP contribution is 2.19. The van der Waals surface area contributed by atoms with E-state index in [0.717, 1.165) is 22.9 Å². The predicted octanol–water partition coefficient (Wildman–Crippen LogP) is 9.18. The molecule has 0 heterocycles. The number of hydrogen-bond donors (Lipinski definition) is 2. The molecule has 0 saturated heterocycles. The molecule has 1 atom stereocenters. The minimum atomic E-state index is -0.567. The number of carbonyl (C=O) groups is 2. The molecular formula is C38H54N2O3. The van der Waals surface area contributed by atoms with Gasteiger partial charge in [-0.05, 0) is 59.9 Å². The van der Waals surface area contributed by atoms with Gasteiger partial charge in [-0.1, -0.05) is 133 Å². The van der Waals surface area contributed by atoms with E-state index in [1.807, 2.05) is 61.5 Å². The first kappa shape index (κ1) is 34.2. The largest absolute Gasteiger partial charge is 0.481 e. The van der Waals surface area contributed by atoms with Gasteiger partial charge in [-0.25, -0.2) is 0 Å². The van der Waals surface area contributed by atoms with E-state index in [2.05, 4.69) is 29.7 Å². The first-order valence-corrected chi connectivity index (χ1v) is 16.9. The molecule has 2 amide bonds. The van der Waals surface area contributed by atoms with Gasteiger partial charge in [0.1, 0.15) is 5.75 Å². The Bertz CT molecular complexity index is 1220. The summed E-state index contributed by atoms with van der Waals surface area (Å²) in [6.45, 7) is 4.92. The number of nitrogens with one attached hydrogen (secondary N) is 2. The van der Waals surface area contributed by atoms with Crippen molar-refractivity contribution in [3.8, 4) is 5.75 Å². The lowest BCUT2D eigenvalue weighted by Crippen LogP contribution is -2.41. The maximum absolute atomic E-state index is 12.8. The fourth-order valence-corrected chi connectivity index (χ4v) is 5.52. The molecule has 5 nitrogen and oxygen atoms in total. The van der Waals surface area contributed by atoms with Crippen molar-refractivity contribution in [2.75, 3.05) is 13.1 Å². The van der Waals surface area contributed by atoms with Crippen LogP contribution in [-0.2, 0) is 11.2 Å². The van der Waals surface area contributed by atoms with Crippen LogP contribution in [0.5, 0.6) is 5.75 Å². The SMILES string of the molecule is CCCCCCCCCCCCCCCc1cccc(OC(CC)C(=O)NCCNC(=O)c2ccc3ccccc3c2)c1. The van der Waals surface area contributed by atoms with Crippen LogP contribution in [0.2, 0.25) is 0 Å². The number of unbranched alkanes of at least 4 members (excludes halogenated alkanes) is 12. The minimum Gasteiger partial charge on any atom is -0.481 e. The normalized spacial score (nSPS) is 11.8. The molecule has 0 bridgehead atoms. The van der Waals surface area contributed by atoms with Crippen molar-refractivity contribution in [2.24, 2.45) is 0 Å². The highest BCUT2D eigenvalue weighted by Gasteiger charge is 2.18. The Kier molecular flexibility index (Phi) is 16.3. The molecule has 0 aliphatic carbocycles. The van der Waals surface area contributed by atoms with E-state index >= 15 is 0 Å². The monoisotopic (exact) mass is 586 g/mol. The summed E-state index contributed by atoms with van der Waals surface area (Å²) in [5, 5.41) is 7.92. The molecule has 3 rings (SSSR count). The van der Waals surface area contributed by atoms with Crippen molar-refractivity contribution in [1.82, 2.24) is 10.6 Å². The Balaban J connectivity index is 1.27. The molecule has 0 spiro atoms. The van der Waals surface area contributed by atoms with E-state index in [1.54, 1.807) is 0 Å². The molecule has 3 aromatic carbocycles. The Morgan fingerprint density at radius 3 is 1.95 bits per heavy atom. The number of aryl methyl sites for hydroxylation is 1. The van der Waals surface area contributed by atoms with Crippen molar-refractivity contribution in [3.63, 3.8) is 0 Å². The maximum Gasteiger partial charge on any atom is 0.261 e. The molecule has 2 N–H and O–H groups in total. The predicted molar refractivity (Wildman–Crippen MR) is 180 cm³/mol. The van der Waals surface area contributed by atoms with Crippen LogP contribution in [0.15, 0.2) is 66.7 Å². The lowest BCUT2D eigenvalue weighted by atomic mass is 10.0. The Hall–Kier alpha value is -3.34. The van der Waals surface area contributed by atoms with Crippen molar-refractivity contribution in [1.29, 1.82) is 0 Å². The summed E-state index contributed by atoms with van der Waals surface area (Å²) in [5.41, 5.74) is 1.87. The molecule has 0 saturated carbocycles. The summed E-state index contributed by atoms with van der Waals surface area (Å²) in [6, 6.07) is 21.8. The minimum absolute atomic E-state index is 0.149. The summed E-state index contributed by atoms with van der Waals surface area (Å²) in [5.74, 6) is 0.423. The van der Waals surface area contributed by atoms with Crippen LogP contribution in [0, 0.1) is 0 Å². The Labute approximate surface area is 260 Å². The third kappa shape index (κ3) is 13.2. The molecule has 0 aliphatic heterocycles. The first-order valence-electron chi connectivity index (χ1n) is 16.9. The highest BCUT2D eigenvalue weighted by molar-refractivity contribution is 5.98. The summed E-state index contributed by atoms with van der Waals surface area (Å²) in [4.78, 5) is 25.3. The van der Waals surface area contributed by atoms with Crippen LogP contribution < -0.4 is 15.4 Å². The van der Waals surface area contributed by atoms with Crippen molar-refractivity contribution in [3.05, 3.63) is 77.9 Å². The van der Waals surface area contributed by atoms with Gasteiger partial charge in [0.05, 0.1) is 0 Å². The zero-order valence-corrected chi connectivity index (χ0v) is 26.7. The van der Waals surface area contributed by atoms with Crippen molar-refractivity contribution in [2.45, 2.75) is 116 Å². The molecule has 43 heavy (non-hydrogen) atoms. The molecule has 3 aromatic rings. The molecule has 0 fully saturated rings. The van der Waals surface area contributed by atoms with Crippen molar-refractivity contribution >= 4 is 22.6 Å². The standard InChI is InChI=1S/C38H54N2O3/c1-3-5-6-7-8-9-10-11-12-13-14-15-16-20-31-21-19-24-35(29-31)43-36(4-2)38(42)40-28-27-39-37(41)34-26-25-32-22-17-18-23-33(32)30-34/h17-19,21-26,29-30,36H,3-16,20,27-28H2,1-2H3,(H,39,41)(H,40,42). The average molecular weight is 587 g/mol. The van der Waals surface area contributed by atoms with E-state index < -0.39 is 6.10 Å². The first-order chi connectivity index (χ1) is 21.1. The van der Waals surface area contributed by atoms with E-state index in [1.165, 1.54) is 89.0 Å². The average Bonchev–Trinajstić information content (AvgIpc) is 3.03. The molecule has 0 aliphatic rings. The van der Waals surface area contributed by atoms with Gasteiger partial charge in [-0.15, -0.1) is 0 Å². The van der Waals surface area contributed by atoms with E-state index in [-0.39, 0.29) is 11.8 Å². The fourth-order valence-electron chi connectivity index (χ4n) is 5.52. The Morgan fingerprint density at radius 1 is 0.651 bits per heavy atom. The van der Waals surface area contributed by atoms with Crippen LogP contribution in [0.4, 0.5) is 0 Å². The van der Waals surface area contributed by atoms with Crippen LogP contribution in [-0.4, -0.2) is 31.0 Å². The third-order valence-electron chi connectivity index (χ3n) is 8.13. The molecule has 5 heteroatoms. The number of rotatable bonds is 22. The number of ether oxygens (including phenoxy) is 1. The topological polar surface area (TPSA) is 67.4 Å². The van der Waals surface area contributed by atoms with Crippen molar-refractivity contribution < 1.29 is 14.3 Å². The number of amides is 2. The van der Waals surface area contributed by atoms with Crippen LogP contribution in [0.1, 0.15) is 120 Å². The Morgan fingerprint density at radius 2 is 1.28 bits per heavy atom. The van der Waals surface area contributed by atoms with Gasteiger partial charge >= 0.3 is 0 Å². The summed E-state index contributed by atoms with van der Waals surface area (Å²) in [7, 11) is 0. The van der Waals surface area contributed by atoms with E-state index in [0.29, 0.717) is 25.1 Å². The summed E-state index contributed by atoms with van der Waals surface area (Å²) < 4.78 is 6.07. The second kappa shape index (κ2) is 20.5. The van der Waals surface area contributed by atoms with Gasteiger partial charge in [-0.3, -0.25) is 9.59 Å². The quantitative estimate of drug-likeness (QED) is 0.115. The van der Waals surface area contributed by atoms with Gasteiger partial charge in [0, 0.05) is 18.7 Å². The van der Waals surface area contributed by atoms with E-state index in [9.17, 15) is 9.59 Å². The lowest BCUT2D eigenvalue weighted by Gasteiger charge is -2.18. The summed E-state index contributed by atoms with van der Waals surface area (Å²) in [6.07, 6.45) is 18.7. The van der Waals surface area contributed by atoms with Gasteiger partial charge in [-0.2, -0.15) is 0 Å². The van der Waals surface area contributed by atoms with Crippen LogP contribution >= 0.6 is 0 Å². The number of hydrogen-bond acceptors (Lipinski definition) is 3. The second-order valence-corrected chi connectivity index (χ2v) is 11.8. The molecular weight excluding hydrogens is 532 g/mol. The smallest absolute Gasteiger partial charge is 0.261 e. The molecule has 1 unspecified atom stereocenters. The molecule has 234 valence electrons. The number of carbonyl (C=O) groups excluding carboxylic acids is 2. The van der Waals surface area contributed by atoms with Crippen LogP contribution in [0.25, 0.3) is 10.8 Å². The molecule has 0 radical (unpaired) electrons. The van der Waals surface area contributed by atoms with Crippen LogP contribution in [0.3, 0.4) is 0 Å². The van der Waals surface area contributed by atoms with E-state index in [4.69, 9.17) is 4.74 Å². The lowest BCUT2D eigenvalue weighted by molar-refractivity contribution is -0.128. The van der Waals surface area contributed by atoms with Gasteiger partial charge in [0.15, 0.2) is 6.10 Å². The highest BCUT2D eigenvalue weighted by atomic mass is 16.5.